The number of ketones is 3. The lowest BCUT2D eigenvalue weighted by Crippen LogP contribution is -2.63. The Morgan fingerprint density at radius 2 is 1.95 bits per heavy atom. The van der Waals surface area contributed by atoms with E-state index < -0.39 is 35.1 Å². The van der Waals surface area contributed by atoms with Crippen LogP contribution in [-0.4, -0.2) is 59.1 Å². The fourth-order valence-corrected chi connectivity index (χ4v) is 7.77. The molecular weight excluding hydrogens is 482 g/mol. The van der Waals surface area contributed by atoms with Crippen molar-refractivity contribution in [1.29, 1.82) is 0 Å². The van der Waals surface area contributed by atoms with Gasteiger partial charge in [0.1, 0.15) is 17.3 Å². The molecule has 0 aliphatic heterocycles. The van der Waals surface area contributed by atoms with Gasteiger partial charge in [-0.1, -0.05) is 34.1 Å². The van der Waals surface area contributed by atoms with Crippen LogP contribution in [-0.2, 0) is 27.3 Å². The molecule has 0 heterocycles. The van der Waals surface area contributed by atoms with Crippen molar-refractivity contribution >= 4 is 30.0 Å². The molecule has 2 fully saturated rings. The summed E-state index contributed by atoms with van der Waals surface area (Å²) in [5, 5.41) is 11.0. The van der Waals surface area contributed by atoms with Gasteiger partial charge in [0, 0.05) is 25.4 Å². The van der Waals surface area contributed by atoms with E-state index in [9.17, 15) is 24.3 Å². The molecule has 3 aliphatic carbocycles. The summed E-state index contributed by atoms with van der Waals surface area (Å²) >= 11 is 0. The molecule has 8 nitrogen and oxygen atoms in total. The molecule has 2 saturated carbocycles. The summed E-state index contributed by atoms with van der Waals surface area (Å²) in [6.07, 6.45) is 1.08. The fourth-order valence-electron chi connectivity index (χ4n) is 7.77. The lowest BCUT2D eigenvalue weighted by atomic mass is 9.49. The van der Waals surface area contributed by atoms with Crippen molar-refractivity contribution < 1.29 is 24.3 Å². The number of benzene rings is 1. The highest BCUT2D eigenvalue weighted by Crippen LogP contribution is 2.55. The van der Waals surface area contributed by atoms with Crippen LogP contribution >= 0.6 is 0 Å². The van der Waals surface area contributed by atoms with E-state index in [1.807, 2.05) is 20.9 Å². The highest BCUT2D eigenvalue weighted by atomic mass is 16.3. The number of aliphatic imine (C=N–C) groups is 1. The SMILES string of the molecule is C=NC12CC(=O)C(C(N)=O)C(CC)C1C(=O)C1C(=O)c3c(O)cc(CN(C)CC(C)(C)C)c(C)c3CC1C2. The second-order valence-corrected chi connectivity index (χ2v) is 13.0. The Balaban J connectivity index is 1.76. The zero-order valence-corrected chi connectivity index (χ0v) is 23.5. The maximum absolute atomic E-state index is 14.1. The zero-order valence-electron chi connectivity index (χ0n) is 23.5. The van der Waals surface area contributed by atoms with Gasteiger partial charge < -0.3 is 15.7 Å². The minimum absolute atomic E-state index is 0.0802. The Hall–Kier alpha value is -2.87. The number of fused-ring (bicyclic) bond motifs is 3. The molecule has 4 rings (SSSR count). The van der Waals surface area contributed by atoms with E-state index in [2.05, 4.69) is 37.4 Å². The largest absolute Gasteiger partial charge is 0.507 e. The lowest BCUT2D eigenvalue weighted by molar-refractivity contribution is -0.150. The van der Waals surface area contributed by atoms with E-state index in [-0.39, 0.29) is 46.4 Å². The number of aromatic hydroxyl groups is 1. The molecule has 3 aliphatic rings. The van der Waals surface area contributed by atoms with E-state index >= 15 is 0 Å². The predicted octanol–water partition coefficient (Wildman–Crippen LogP) is 3.28. The van der Waals surface area contributed by atoms with Crippen molar-refractivity contribution in [2.45, 2.75) is 72.4 Å². The van der Waals surface area contributed by atoms with Crippen LogP contribution in [0.2, 0.25) is 0 Å². The van der Waals surface area contributed by atoms with Gasteiger partial charge in [0.15, 0.2) is 5.78 Å². The summed E-state index contributed by atoms with van der Waals surface area (Å²) in [5.41, 5.74) is 7.53. The van der Waals surface area contributed by atoms with Crippen molar-refractivity contribution in [3.05, 3.63) is 28.3 Å². The normalized spacial score (nSPS) is 31.0. The van der Waals surface area contributed by atoms with Crippen LogP contribution in [0.1, 0.15) is 74.0 Å². The Morgan fingerprint density at radius 3 is 2.50 bits per heavy atom. The summed E-state index contributed by atoms with van der Waals surface area (Å²) in [5.74, 6) is -5.63. The topological polar surface area (TPSA) is 130 Å². The first-order chi connectivity index (χ1) is 17.7. The standard InChI is InChI=1S/C30H41N3O5/c1-8-18-24(28(31)38)21(35)12-30(32-6)11-16-9-19-15(2)17(13-33(7)14-29(3,4)5)10-20(34)23(19)26(36)22(16)27(37)25(18)30/h10,16,18,22,24-25,34H,6,8-9,11-14H2,1-5,7H3,(H2,31,38). The first kappa shape index (κ1) is 28.1. The van der Waals surface area contributed by atoms with Crippen LogP contribution in [0.5, 0.6) is 5.75 Å². The van der Waals surface area contributed by atoms with Gasteiger partial charge in [-0.05, 0) is 73.5 Å². The molecule has 0 radical (unpaired) electrons. The van der Waals surface area contributed by atoms with Gasteiger partial charge in [-0.25, -0.2) is 0 Å². The molecule has 1 aromatic rings. The third kappa shape index (κ3) is 4.51. The van der Waals surface area contributed by atoms with Crippen molar-refractivity contribution in [3.63, 3.8) is 0 Å². The number of carbonyl (C=O) groups excluding carboxylic acids is 4. The number of rotatable bonds is 6. The van der Waals surface area contributed by atoms with Gasteiger partial charge in [0.25, 0.3) is 0 Å². The first-order valence-corrected chi connectivity index (χ1v) is 13.6. The average Bonchev–Trinajstić information content (AvgIpc) is 2.79. The van der Waals surface area contributed by atoms with Crippen LogP contribution in [0.4, 0.5) is 0 Å². The van der Waals surface area contributed by atoms with Crippen molar-refractivity contribution in [2.75, 3.05) is 13.6 Å². The molecule has 206 valence electrons. The third-order valence-corrected chi connectivity index (χ3v) is 9.04. The first-order valence-electron chi connectivity index (χ1n) is 13.6. The molecule has 6 unspecified atom stereocenters. The van der Waals surface area contributed by atoms with Crippen LogP contribution in [0.15, 0.2) is 11.1 Å². The quantitative estimate of drug-likeness (QED) is 0.435. The van der Waals surface area contributed by atoms with Crippen LogP contribution in [0.25, 0.3) is 0 Å². The molecule has 0 aromatic heterocycles. The number of nitrogens with zero attached hydrogens (tertiary/aromatic N) is 2. The van der Waals surface area contributed by atoms with Crippen LogP contribution in [0, 0.1) is 41.9 Å². The summed E-state index contributed by atoms with van der Waals surface area (Å²) in [6, 6.07) is 1.66. The lowest BCUT2D eigenvalue weighted by Gasteiger charge is -2.53. The number of hydrogen-bond donors (Lipinski definition) is 2. The smallest absolute Gasteiger partial charge is 0.228 e. The van der Waals surface area contributed by atoms with Gasteiger partial charge in [-0.15, -0.1) is 0 Å². The van der Waals surface area contributed by atoms with Gasteiger partial charge >= 0.3 is 0 Å². The Labute approximate surface area is 225 Å². The van der Waals surface area contributed by atoms with Gasteiger partial charge in [-0.2, -0.15) is 0 Å². The molecule has 1 aromatic carbocycles. The summed E-state index contributed by atoms with van der Waals surface area (Å²) in [7, 11) is 2.03. The van der Waals surface area contributed by atoms with Gasteiger partial charge in [-0.3, -0.25) is 24.2 Å². The van der Waals surface area contributed by atoms with Crippen LogP contribution < -0.4 is 5.73 Å². The number of amides is 1. The maximum Gasteiger partial charge on any atom is 0.228 e. The molecule has 38 heavy (non-hydrogen) atoms. The minimum Gasteiger partial charge on any atom is -0.507 e. The van der Waals surface area contributed by atoms with Gasteiger partial charge in [0.05, 0.1) is 22.9 Å². The summed E-state index contributed by atoms with van der Waals surface area (Å²) in [6.45, 7) is 15.5. The van der Waals surface area contributed by atoms with Crippen molar-refractivity contribution in [1.82, 2.24) is 4.90 Å². The number of hydrogen-bond acceptors (Lipinski definition) is 7. The van der Waals surface area contributed by atoms with E-state index in [0.29, 0.717) is 25.8 Å². The number of primary amides is 1. The van der Waals surface area contributed by atoms with E-state index in [4.69, 9.17) is 5.73 Å². The Bertz CT molecular complexity index is 1220. The summed E-state index contributed by atoms with van der Waals surface area (Å²) < 4.78 is 0. The molecule has 1 amide bonds. The molecule has 0 spiro atoms. The second kappa shape index (κ2) is 9.70. The highest BCUT2D eigenvalue weighted by molar-refractivity contribution is 6.16. The number of phenolic OH excluding ortho intramolecular Hbond substituents is 1. The number of carbonyl (C=O) groups is 4. The molecular formula is C30H41N3O5. The Morgan fingerprint density at radius 1 is 1.29 bits per heavy atom. The molecule has 0 bridgehead atoms. The highest BCUT2D eigenvalue weighted by Gasteiger charge is 2.63. The minimum atomic E-state index is -1.07. The van der Waals surface area contributed by atoms with E-state index in [1.54, 1.807) is 6.07 Å². The predicted molar refractivity (Wildman–Crippen MR) is 145 cm³/mol. The molecule has 0 saturated heterocycles. The Kier molecular flexibility index (Phi) is 7.19. The monoisotopic (exact) mass is 523 g/mol. The van der Waals surface area contributed by atoms with Crippen molar-refractivity contribution in [2.24, 2.45) is 45.7 Å². The van der Waals surface area contributed by atoms with E-state index in [1.165, 1.54) is 0 Å². The second-order valence-electron chi connectivity index (χ2n) is 13.0. The zero-order chi connectivity index (χ0) is 28.3. The third-order valence-electron chi connectivity index (χ3n) is 9.04. The summed E-state index contributed by atoms with van der Waals surface area (Å²) in [4.78, 5) is 59.9. The van der Waals surface area contributed by atoms with E-state index in [0.717, 1.165) is 23.2 Å². The van der Waals surface area contributed by atoms with Crippen molar-refractivity contribution in [3.8, 4) is 5.75 Å². The molecule has 8 heteroatoms. The number of phenols is 1. The average molecular weight is 524 g/mol. The number of nitrogens with two attached hydrogens (primary N) is 1. The molecule has 6 atom stereocenters. The molecule has 3 N–H and O–H groups in total. The van der Waals surface area contributed by atoms with Gasteiger partial charge in [0.2, 0.25) is 5.91 Å². The fraction of sp³-hybridized carbons (Fsp3) is 0.633. The maximum atomic E-state index is 14.1. The van der Waals surface area contributed by atoms with Crippen LogP contribution in [0.3, 0.4) is 0 Å². The number of Topliss-reactive ketones (excluding diaryl/α,β-unsaturated/α-hetero) is 3.